The Hall–Kier alpha value is -1.75. The van der Waals surface area contributed by atoms with Gasteiger partial charge in [-0.25, -0.2) is 4.79 Å². The van der Waals surface area contributed by atoms with E-state index in [9.17, 15) is 14.7 Å². The monoisotopic (exact) mass is 270 g/mol. The first-order valence-electron chi connectivity index (χ1n) is 5.41. The van der Waals surface area contributed by atoms with E-state index in [2.05, 4.69) is 5.32 Å². The van der Waals surface area contributed by atoms with Gasteiger partial charge in [0.2, 0.25) is 0 Å². The number of nitrogens with one attached hydrogen (secondary N) is 1. The van der Waals surface area contributed by atoms with Gasteiger partial charge in [-0.05, 0) is 31.5 Å². The number of nitrogens with two attached hydrogens (primary N) is 1. The lowest BCUT2D eigenvalue weighted by molar-refractivity contribution is -0.141. The van der Waals surface area contributed by atoms with Crippen molar-refractivity contribution in [2.45, 2.75) is 25.8 Å². The minimum atomic E-state index is -1.19. The highest BCUT2D eigenvalue weighted by Crippen LogP contribution is 2.25. The van der Waals surface area contributed by atoms with Crippen LogP contribution < -0.4 is 11.1 Å². The maximum absolute atomic E-state index is 11.3. The van der Waals surface area contributed by atoms with Gasteiger partial charge in [0.05, 0.1) is 5.56 Å². The second kappa shape index (κ2) is 5.27. The van der Waals surface area contributed by atoms with E-state index in [-0.39, 0.29) is 5.56 Å². The number of amides is 1. The zero-order chi connectivity index (χ0) is 13.9. The third kappa shape index (κ3) is 2.92. The van der Waals surface area contributed by atoms with Crippen LogP contribution in [0.1, 0.15) is 30.6 Å². The van der Waals surface area contributed by atoms with Crippen molar-refractivity contribution in [3.05, 3.63) is 28.8 Å². The summed E-state index contributed by atoms with van der Waals surface area (Å²) in [6.45, 7) is 3.26. The topological polar surface area (TPSA) is 92.4 Å². The van der Waals surface area contributed by atoms with Crippen LogP contribution in [0.5, 0.6) is 0 Å². The van der Waals surface area contributed by atoms with Crippen LogP contribution in [0.25, 0.3) is 0 Å². The molecule has 4 N–H and O–H groups in total. The number of rotatable bonds is 5. The van der Waals surface area contributed by atoms with Gasteiger partial charge in [-0.1, -0.05) is 18.5 Å². The van der Waals surface area contributed by atoms with E-state index >= 15 is 0 Å². The SMILES string of the molecule is CCC(C)(Nc1cc(Cl)ccc1C(N)=O)C(=O)O. The van der Waals surface area contributed by atoms with E-state index in [0.717, 1.165) is 0 Å². The Morgan fingerprint density at radius 3 is 2.56 bits per heavy atom. The summed E-state index contributed by atoms with van der Waals surface area (Å²) >= 11 is 5.83. The van der Waals surface area contributed by atoms with E-state index in [0.29, 0.717) is 17.1 Å². The minimum absolute atomic E-state index is 0.209. The van der Waals surface area contributed by atoms with Crippen LogP contribution >= 0.6 is 11.6 Å². The van der Waals surface area contributed by atoms with Gasteiger partial charge in [-0.3, -0.25) is 4.79 Å². The molecule has 0 saturated carbocycles. The Balaban J connectivity index is 3.20. The minimum Gasteiger partial charge on any atom is -0.480 e. The van der Waals surface area contributed by atoms with Crippen molar-refractivity contribution in [2.24, 2.45) is 5.73 Å². The molecule has 0 aromatic heterocycles. The van der Waals surface area contributed by atoms with Gasteiger partial charge in [0.15, 0.2) is 0 Å². The number of carboxylic acids is 1. The van der Waals surface area contributed by atoms with Crippen molar-refractivity contribution in [1.29, 1.82) is 0 Å². The lowest BCUT2D eigenvalue weighted by atomic mass is 9.98. The molecule has 0 radical (unpaired) electrons. The second-order valence-corrected chi connectivity index (χ2v) is 4.61. The quantitative estimate of drug-likeness (QED) is 0.764. The molecule has 1 amide bonds. The molecule has 0 saturated heterocycles. The molecule has 1 aromatic carbocycles. The second-order valence-electron chi connectivity index (χ2n) is 4.17. The Bertz CT molecular complexity index is 490. The first-order valence-corrected chi connectivity index (χ1v) is 5.79. The van der Waals surface area contributed by atoms with Crippen LogP contribution in [0.3, 0.4) is 0 Å². The summed E-state index contributed by atoms with van der Waals surface area (Å²) in [5.74, 6) is -1.65. The van der Waals surface area contributed by atoms with Gasteiger partial charge in [0, 0.05) is 10.7 Å². The number of primary amides is 1. The number of aliphatic carboxylic acids is 1. The molecule has 5 nitrogen and oxygen atoms in total. The number of benzene rings is 1. The van der Waals surface area contributed by atoms with Crippen LogP contribution in [0.15, 0.2) is 18.2 Å². The van der Waals surface area contributed by atoms with Crippen LogP contribution in [-0.2, 0) is 4.79 Å². The van der Waals surface area contributed by atoms with Crippen molar-refractivity contribution < 1.29 is 14.7 Å². The van der Waals surface area contributed by atoms with E-state index < -0.39 is 17.4 Å². The molecule has 0 aliphatic rings. The zero-order valence-corrected chi connectivity index (χ0v) is 10.9. The fourth-order valence-electron chi connectivity index (χ4n) is 1.43. The van der Waals surface area contributed by atoms with Crippen LogP contribution in [0.4, 0.5) is 5.69 Å². The fraction of sp³-hybridized carbons (Fsp3) is 0.333. The summed E-state index contributed by atoms with van der Waals surface area (Å²) in [6.07, 6.45) is 0.340. The standard InChI is InChI=1S/C12H15ClN2O3/c1-3-12(2,11(17)18)15-9-6-7(13)4-5-8(9)10(14)16/h4-6,15H,3H2,1-2H3,(H2,14,16)(H,17,18). The number of anilines is 1. The van der Waals surface area contributed by atoms with E-state index in [1.807, 2.05) is 0 Å². The van der Waals surface area contributed by atoms with Crippen molar-refractivity contribution in [3.63, 3.8) is 0 Å². The maximum Gasteiger partial charge on any atom is 0.329 e. The van der Waals surface area contributed by atoms with Gasteiger partial charge in [0.25, 0.3) is 5.91 Å². The first-order chi connectivity index (χ1) is 8.30. The molecule has 1 unspecified atom stereocenters. The zero-order valence-electron chi connectivity index (χ0n) is 10.2. The summed E-state index contributed by atoms with van der Waals surface area (Å²) in [6, 6.07) is 4.47. The summed E-state index contributed by atoms with van der Waals surface area (Å²) in [5.41, 5.74) is 4.58. The maximum atomic E-state index is 11.3. The molecule has 1 rings (SSSR count). The molecule has 0 aliphatic heterocycles. The first kappa shape index (κ1) is 14.3. The average molecular weight is 271 g/mol. The number of carbonyl (C=O) groups is 2. The van der Waals surface area contributed by atoms with Gasteiger partial charge in [0.1, 0.15) is 5.54 Å². The Kier molecular flexibility index (Phi) is 4.19. The molecule has 1 aromatic rings. The van der Waals surface area contributed by atoms with Gasteiger partial charge in [-0.2, -0.15) is 0 Å². The van der Waals surface area contributed by atoms with E-state index in [4.69, 9.17) is 17.3 Å². The molecule has 0 fully saturated rings. The normalized spacial score (nSPS) is 13.7. The summed E-state index contributed by atoms with van der Waals surface area (Å²) in [7, 11) is 0. The molecule has 18 heavy (non-hydrogen) atoms. The largest absolute Gasteiger partial charge is 0.480 e. The highest BCUT2D eigenvalue weighted by atomic mass is 35.5. The predicted octanol–water partition coefficient (Wildman–Crippen LogP) is 2.10. The number of hydrogen-bond acceptors (Lipinski definition) is 3. The van der Waals surface area contributed by atoms with Gasteiger partial charge < -0.3 is 16.2 Å². The fourth-order valence-corrected chi connectivity index (χ4v) is 1.60. The van der Waals surface area contributed by atoms with Crippen molar-refractivity contribution >= 4 is 29.2 Å². The number of halogens is 1. The highest BCUT2D eigenvalue weighted by Gasteiger charge is 2.31. The summed E-state index contributed by atoms with van der Waals surface area (Å²) in [5, 5.41) is 12.4. The molecular weight excluding hydrogens is 256 g/mol. The van der Waals surface area contributed by atoms with Gasteiger partial charge >= 0.3 is 5.97 Å². The molecule has 0 heterocycles. The third-order valence-corrected chi connectivity index (χ3v) is 3.07. The van der Waals surface area contributed by atoms with Crippen LogP contribution in [0, 0.1) is 0 Å². The number of carbonyl (C=O) groups excluding carboxylic acids is 1. The van der Waals surface area contributed by atoms with Crippen molar-refractivity contribution in [3.8, 4) is 0 Å². The van der Waals surface area contributed by atoms with Gasteiger partial charge in [-0.15, -0.1) is 0 Å². The Morgan fingerprint density at radius 2 is 2.11 bits per heavy atom. The Labute approximate surface area is 110 Å². The molecule has 0 bridgehead atoms. The summed E-state index contributed by atoms with van der Waals surface area (Å²) in [4.78, 5) is 22.5. The van der Waals surface area contributed by atoms with Crippen molar-refractivity contribution in [1.82, 2.24) is 0 Å². The third-order valence-electron chi connectivity index (χ3n) is 2.84. The summed E-state index contributed by atoms with van der Waals surface area (Å²) < 4.78 is 0. The molecule has 0 aliphatic carbocycles. The molecule has 6 heteroatoms. The molecule has 1 atom stereocenters. The molecule has 0 spiro atoms. The predicted molar refractivity (Wildman–Crippen MR) is 69.9 cm³/mol. The highest BCUT2D eigenvalue weighted by molar-refractivity contribution is 6.31. The van der Waals surface area contributed by atoms with E-state index in [1.54, 1.807) is 6.92 Å². The van der Waals surface area contributed by atoms with E-state index in [1.165, 1.54) is 25.1 Å². The van der Waals surface area contributed by atoms with Crippen molar-refractivity contribution in [2.75, 3.05) is 5.32 Å². The molecular formula is C12H15ClN2O3. The lowest BCUT2D eigenvalue weighted by Gasteiger charge is -2.27. The van der Waals surface area contributed by atoms with Crippen LogP contribution in [-0.4, -0.2) is 22.5 Å². The number of carboxylic acid groups (broad SMARTS) is 1. The average Bonchev–Trinajstić information content (AvgIpc) is 2.28. The Morgan fingerprint density at radius 1 is 1.50 bits per heavy atom. The lowest BCUT2D eigenvalue weighted by Crippen LogP contribution is -2.43. The number of hydrogen-bond donors (Lipinski definition) is 3. The van der Waals surface area contributed by atoms with Crippen LogP contribution in [0.2, 0.25) is 5.02 Å². The molecule has 98 valence electrons. The smallest absolute Gasteiger partial charge is 0.329 e.